The maximum atomic E-state index is 13.6. The monoisotopic (exact) mass is 323 g/mol. The van der Waals surface area contributed by atoms with Gasteiger partial charge >= 0.3 is 0 Å². The molecule has 0 aliphatic carbocycles. The van der Waals surface area contributed by atoms with Gasteiger partial charge in [-0.1, -0.05) is 0 Å². The van der Waals surface area contributed by atoms with E-state index in [-0.39, 0.29) is 24.4 Å². The maximum Gasteiger partial charge on any atom is 0.246 e. The molecular formula is C13H16ClF2NO2S. The summed E-state index contributed by atoms with van der Waals surface area (Å²) in [5.74, 6) is -1.45. The third kappa shape index (κ3) is 3.13. The lowest BCUT2D eigenvalue weighted by Crippen LogP contribution is -2.40. The van der Waals surface area contributed by atoms with Crippen molar-refractivity contribution in [2.75, 3.05) is 13.1 Å². The predicted molar refractivity (Wildman–Crippen MR) is 73.2 cm³/mol. The largest absolute Gasteiger partial charge is 0.246 e. The Morgan fingerprint density at radius 3 is 2.45 bits per heavy atom. The molecule has 1 unspecified atom stereocenters. The lowest BCUT2D eigenvalue weighted by Gasteiger charge is -2.32. The van der Waals surface area contributed by atoms with Crippen molar-refractivity contribution in [1.29, 1.82) is 0 Å². The van der Waals surface area contributed by atoms with Crippen molar-refractivity contribution in [2.45, 2.75) is 30.0 Å². The standard InChI is InChI=1S/C13H16ClF2NO2S/c1-9(14)10-4-6-17(7-5-10)20(18,19)13-8-11(15)2-3-12(13)16/h2-3,8-10H,4-7H2,1H3. The van der Waals surface area contributed by atoms with Gasteiger partial charge in [-0.3, -0.25) is 0 Å². The van der Waals surface area contributed by atoms with Crippen molar-refractivity contribution in [1.82, 2.24) is 4.31 Å². The van der Waals surface area contributed by atoms with Crippen LogP contribution in [-0.2, 0) is 10.0 Å². The van der Waals surface area contributed by atoms with Gasteiger partial charge in [-0.15, -0.1) is 11.6 Å². The lowest BCUT2D eigenvalue weighted by atomic mass is 9.95. The minimum atomic E-state index is -3.99. The SMILES string of the molecule is CC(Cl)C1CCN(S(=O)(=O)c2cc(F)ccc2F)CC1. The molecule has 20 heavy (non-hydrogen) atoms. The second kappa shape index (κ2) is 5.95. The highest BCUT2D eigenvalue weighted by Crippen LogP contribution is 2.28. The van der Waals surface area contributed by atoms with Crippen LogP contribution in [0.15, 0.2) is 23.1 Å². The van der Waals surface area contributed by atoms with Crippen LogP contribution in [0.5, 0.6) is 0 Å². The van der Waals surface area contributed by atoms with Gasteiger partial charge in [0.2, 0.25) is 10.0 Å². The van der Waals surface area contributed by atoms with E-state index in [0.29, 0.717) is 12.8 Å². The fourth-order valence-corrected chi connectivity index (χ4v) is 4.19. The maximum absolute atomic E-state index is 13.6. The molecule has 1 heterocycles. The Bertz CT molecular complexity index is 584. The Labute approximate surface area is 122 Å². The van der Waals surface area contributed by atoms with E-state index in [9.17, 15) is 17.2 Å². The van der Waals surface area contributed by atoms with Gasteiger partial charge in [0, 0.05) is 18.5 Å². The highest BCUT2D eigenvalue weighted by molar-refractivity contribution is 7.89. The zero-order valence-electron chi connectivity index (χ0n) is 11.0. The number of hydrogen-bond donors (Lipinski definition) is 0. The molecule has 0 bridgehead atoms. The molecule has 0 aromatic heterocycles. The molecule has 1 atom stereocenters. The van der Waals surface area contributed by atoms with Crippen LogP contribution in [0.1, 0.15) is 19.8 Å². The molecule has 3 nitrogen and oxygen atoms in total. The summed E-state index contributed by atoms with van der Waals surface area (Å²) in [4.78, 5) is -0.602. The Morgan fingerprint density at radius 1 is 1.30 bits per heavy atom. The molecule has 0 saturated carbocycles. The molecule has 112 valence electrons. The molecule has 1 aromatic carbocycles. The molecule has 0 amide bonds. The van der Waals surface area contributed by atoms with E-state index in [1.165, 1.54) is 4.31 Å². The van der Waals surface area contributed by atoms with E-state index in [4.69, 9.17) is 11.6 Å². The summed E-state index contributed by atoms with van der Waals surface area (Å²) in [6.45, 7) is 2.43. The average Bonchev–Trinajstić information content (AvgIpc) is 2.41. The summed E-state index contributed by atoms with van der Waals surface area (Å²) in [6, 6.07) is 2.45. The summed E-state index contributed by atoms with van der Waals surface area (Å²) < 4.78 is 52.6. The Hall–Kier alpha value is -0.720. The van der Waals surface area contributed by atoms with Crippen molar-refractivity contribution >= 4 is 21.6 Å². The van der Waals surface area contributed by atoms with E-state index < -0.39 is 26.6 Å². The van der Waals surface area contributed by atoms with Crippen LogP contribution in [0.25, 0.3) is 0 Å². The Balaban J connectivity index is 2.22. The molecule has 0 radical (unpaired) electrons. The van der Waals surface area contributed by atoms with Crippen LogP contribution in [0.4, 0.5) is 8.78 Å². The van der Waals surface area contributed by atoms with Crippen molar-refractivity contribution in [2.24, 2.45) is 5.92 Å². The normalized spacial score (nSPS) is 20.0. The smallest absolute Gasteiger partial charge is 0.207 e. The van der Waals surface area contributed by atoms with Gasteiger partial charge in [-0.25, -0.2) is 17.2 Å². The minimum absolute atomic E-state index is 0.0224. The summed E-state index contributed by atoms with van der Waals surface area (Å²) in [5, 5.41) is -0.0224. The van der Waals surface area contributed by atoms with E-state index in [0.717, 1.165) is 18.2 Å². The van der Waals surface area contributed by atoms with Crippen LogP contribution < -0.4 is 0 Å². The van der Waals surface area contributed by atoms with Gasteiger partial charge in [0.05, 0.1) is 0 Å². The second-order valence-corrected chi connectivity index (χ2v) is 7.59. The van der Waals surface area contributed by atoms with Gasteiger partial charge in [0.1, 0.15) is 16.5 Å². The number of piperidine rings is 1. The molecule has 1 fully saturated rings. The molecule has 7 heteroatoms. The summed E-state index contributed by atoms with van der Waals surface area (Å²) in [6.07, 6.45) is 1.25. The number of benzene rings is 1. The van der Waals surface area contributed by atoms with Crippen molar-refractivity contribution in [3.05, 3.63) is 29.8 Å². The first-order valence-electron chi connectivity index (χ1n) is 6.41. The second-order valence-electron chi connectivity index (χ2n) is 4.99. The molecular weight excluding hydrogens is 308 g/mol. The Kier molecular flexibility index (Phi) is 4.66. The zero-order chi connectivity index (χ0) is 14.9. The van der Waals surface area contributed by atoms with Gasteiger partial charge < -0.3 is 0 Å². The molecule has 1 aliphatic heterocycles. The van der Waals surface area contributed by atoms with Crippen LogP contribution >= 0.6 is 11.6 Å². The number of sulfonamides is 1. The van der Waals surface area contributed by atoms with E-state index in [2.05, 4.69) is 0 Å². The van der Waals surface area contributed by atoms with Crippen LogP contribution in [-0.4, -0.2) is 31.2 Å². The van der Waals surface area contributed by atoms with Crippen LogP contribution in [0.3, 0.4) is 0 Å². The first-order chi connectivity index (χ1) is 9.32. The van der Waals surface area contributed by atoms with E-state index in [1.54, 1.807) is 0 Å². The van der Waals surface area contributed by atoms with Crippen molar-refractivity contribution in [3.63, 3.8) is 0 Å². The fourth-order valence-electron chi connectivity index (χ4n) is 2.39. The third-order valence-corrected chi connectivity index (χ3v) is 5.93. The number of nitrogens with zero attached hydrogens (tertiary/aromatic N) is 1. The third-order valence-electron chi connectivity index (χ3n) is 3.66. The summed E-state index contributed by atoms with van der Waals surface area (Å²) in [7, 11) is -3.99. The quantitative estimate of drug-likeness (QED) is 0.802. The molecule has 2 rings (SSSR count). The first kappa shape index (κ1) is 15.7. The van der Waals surface area contributed by atoms with E-state index in [1.807, 2.05) is 6.92 Å². The fraction of sp³-hybridized carbons (Fsp3) is 0.538. The topological polar surface area (TPSA) is 37.4 Å². The molecule has 0 N–H and O–H groups in total. The van der Waals surface area contributed by atoms with Gasteiger partial charge in [-0.05, 0) is 43.9 Å². The molecule has 1 aliphatic rings. The zero-order valence-corrected chi connectivity index (χ0v) is 12.6. The van der Waals surface area contributed by atoms with E-state index >= 15 is 0 Å². The van der Waals surface area contributed by atoms with Gasteiger partial charge in [0.25, 0.3) is 0 Å². The number of alkyl halides is 1. The number of rotatable bonds is 3. The predicted octanol–water partition coefficient (Wildman–Crippen LogP) is 2.99. The highest BCUT2D eigenvalue weighted by atomic mass is 35.5. The molecule has 1 saturated heterocycles. The Morgan fingerprint density at radius 2 is 1.90 bits per heavy atom. The summed E-state index contributed by atoms with van der Waals surface area (Å²) in [5.41, 5.74) is 0. The van der Waals surface area contributed by atoms with Crippen molar-refractivity contribution in [3.8, 4) is 0 Å². The number of halogens is 3. The first-order valence-corrected chi connectivity index (χ1v) is 8.29. The molecule has 0 spiro atoms. The summed E-state index contributed by atoms with van der Waals surface area (Å²) >= 11 is 6.00. The van der Waals surface area contributed by atoms with Crippen molar-refractivity contribution < 1.29 is 17.2 Å². The van der Waals surface area contributed by atoms with Crippen LogP contribution in [0, 0.1) is 17.6 Å². The average molecular weight is 324 g/mol. The van der Waals surface area contributed by atoms with Crippen LogP contribution in [0.2, 0.25) is 0 Å². The minimum Gasteiger partial charge on any atom is -0.207 e. The number of hydrogen-bond acceptors (Lipinski definition) is 2. The highest BCUT2D eigenvalue weighted by Gasteiger charge is 2.32. The van der Waals surface area contributed by atoms with Gasteiger partial charge in [-0.2, -0.15) is 4.31 Å². The molecule has 1 aromatic rings. The van der Waals surface area contributed by atoms with Gasteiger partial charge in [0.15, 0.2) is 0 Å². The lowest BCUT2D eigenvalue weighted by molar-refractivity contribution is 0.271.